The Morgan fingerprint density at radius 1 is 1.28 bits per heavy atom. The maximum Gasteiger partial charge on any atom is 0.236 e. The number of para-hydroxylation sites is 1. The van der Waals surface area contributed by atoms with Crippen molar-refractivity contribution < 1.29 is 9.21 Å². The van der Waals surface area contributed by atoms with Crippen molar-refractivity contribution in [1.29, 1.82) is 0 Å². The third-order valence-electron chi connectivity index (χ3n) is 5.45. The molecule has 29 heavy (non-hydrogen) atoms. The zero-order valence-corrected chi connectivity index (χ0v) is 18.0. The fourth-order valence-electron chi connectivity index (χ4n) is 3.61. The molecule has 1 aliphatic rings. The molecule has 2 heterocycles. The molecule has 0 atom stereocenters. The number of amides is 1. The van der Waals surface area contributed by atoms with Gasteiger partial charge in [-0.25, -0.2) is 4.99 Å². The van der Waals surface area contributed by atoms with Gasteiger partial charge in [0, 0.05) is 50.7 Å². The number of aliphatic imine (C=N–C) groups is 1. The largest absolute Gasteiger partial charge is 0.459 e. The van der Waals surface area contributed by atoms with E-state index in [2.05, 4.69) is 35.4 Å². The minimum Gasteiger partial charge on any atom is -0.459 e. The van der Waals surface area contributed by atoms with Gasteiger partial charge in [0.1, 0.15) is 17.9 Å². The van der Waals surface area contributed by atoms with E-state index in [0.29, 0.717) is 19.1 Å². The summed E-state index contributed by atoms with van der Waals surface area (Å²) in [7, 11) is 3.61. The van der Waals surface area contributed by atoms with Crippen LogP contribution in [0.1, 0.15) is 31.1 Å². The molecule has 0 radical (unpaired) electrons. The van der Waals surface area contributed by atoms with E-state index in [1.165, 1.54) is 0 Å². The first-order valence-electron chi connectivity index (χ1n) is 10.4. The molecule has 1 aliphatic heterocycles. The molecule has 1 aromatic heterocycles. The molecule has 2 aromatic rings. The van der Waals surface area contributed by atoms with Crippen LogP contribution in [0.4, 0.5) is 0 Å². The van der Waals surface area contributed by atoms with E-state index in [1.54, 1.807) is 19.0 Å². The van der Waals surface area contributed by atoms with Gasteiger partial charge in [0.05, 0.1) is 6.54 Å². The molecule has 1 amide bonds. The SMILES string of the molecule is CCNC(=NCc1oc2ccccc2c1C)NC1CCN(CC(=O)N(C)C)CC1. The van der Waals surface area contributed by atoms with Crippen molar-refractivity contribution >= 4 is 22.8 Å². The van der Waals surface area contributed by atoms with Crippen molar-refractivity contribution in [1.82, 2.24) is 20.4 Å². The summed E-state index contributed by atoms with van der Waals surface area (Å²) in [6.45, 7) is 7.80. The highest BCUT2D eigenvalue weighted by molar-refractivity contribution is 5.82. The molecule has 0 spiro atoms. The summed E-state index contributed by atoms with van der Waals surface area (Å²) < 4.78 is 5.98. The molecule has 158 valence electrons. The van der Waals surface area contributed by atoms with Gasteiger partial charge >= 0.3 is 0 Å². The molecule has 2 N–H and O–H groups in total. The number of hydrogen-bond acceptors (Lipinski definition) is 4. The van der Waals surface area contributed by atoms with E-state index in [-0.39, 0.29) is 5.91 Å². The maximum absolute atomic E-state index is 11.9. The predicted octanol–water partition coefficient (Wildman–Crippen LogP) is 2.35. The number of piperidine rings is 1. The number of fused-ring (bicyclic) bond motifs is 1. The normalized spacial score (nSPS) is 16.2. The summed E-state index contributed by atoms with van der Waals surface area (Å²) in [4.78, 5) is 20.5. The van der Waals surface area contributed by atoms with E-state index in [0.717, 1.165) is 60.7 Å². The molecule has 1 saturated heterocycles. The molecule has 0 saturated carbocycles. The maximum atomic E-state index is 11.9. The van der Waals surface area contributed by atoms with E-state index in [9.17, 15) is 4.79 Å². The van der Waals surface area contributed by atoms with Crippen LogP contribution in [0.25, 0.3) is 11.0 Å². The number of nitrogens with zero attached hydrogens (tertiary/aromatic N) is 3. The number of carbonyl (C=O) groups excluding carboxylic acids is 1. The summed E-state index contributed by atoms with van der Waals surface area (Å²) in [6.07, 6.45) is 1.99. The molecule has 0 unspecified atom stereocenters. The lowest BCUT2D eigenvalue weighted by molar-refractivity contribution is -0.130. The van der Waals surface area contributed by atoms with Crippen molar-refractivity contribution in [2.24, 2.45) is 4.99 Å². The Morgan fingerprint density at radius 2 is 2.00 bits per heavy atom. The van der Waals surface area contributed by atoms with Gasteiger partial charge in [0.2, 0.25) is 5.91 Å². The van der Waals surface area contributed by atoms with Gasteiger partial charge < -0.3 is 20.0 Å². The van der Waals surface area contributed by atoms with Gasteiger partial charge in [-0.3, -0.25) is 9.69 Å². The average molecular weight is 400 g/mol. The molecule has 7 nitrogen and oxygen atoms in total. The summed E-state index contributed by atoms with van der Waals surface area (Å²) in [5, 5.41) is 8.04. The third kappa shape index (κ3) is 5.50. The van der Waals surface area contributed by atoms with Crippen LogP contribution < -0.4 is 10.6 Å². The minimum absolute atomic E-state index is 0.160. The number of likely N-dealkylation sites (N-methyl/N-ethyl adjacent to an activating group) is 1. The number of likely N-dealkylation sites (tertiary alicyclic amines) is 1. The Labute approximate surface area is 173 Å². The number of nitrogens with one attached hydrogen (secondary N) is 2. The summed E-state index contributed by atoms with van der Waals surface area (Å²) in [5.41, 5.74) is 2.06. The van der Waals surface area contributed by atoms with Gasteiger partial charge in [-0.1, -0.05) is 18.2 Å². The smallest absolute Gasteiger partial charge is 0.236 e. The number of aryl methyl sites for hydroxylation is 1. The van der Waals surface area contributed by atoms with Gasteiger partial charge in [-0.05, 0) is 32.8 Å². The quantitative estimate of drug-likeness (QED) is 0.576. The van der Waals surface area contributed by atoms with E-state index >= 15 is 0 Å². The minimum atomic E-state index is 0.160. The van der Waals surface area contributed by atoms with Crippen LogP contribution in [-0.2, 0) is 11.3 Å². The van der Waals surface area contributed by atoms with Gasteiger partial charge in [0.15, 0.2) is 5.96 Å². The molecular formula is C22H33N5O2. The zero-order valence-electron chi connectivity index (χ0n) is 18.0. The molecule has 0 aliphatic carbocycles. The van der Waals surface area contributed by atoms with Crippen LogP contribution in [0.5, 0.6) is 0 Å². The van der Waals surface area contributed by atoms with Gasteiger partial charge in [-0.2, -0.15) is 0 Å². The van der Waals surface area contributed by atoms with Crippen LogP contribution in [0, 0.1) is 6.92 Å². The lowest BCUT2D eigenvalue weighted by atomic mass is 10.1. The Morgan fingerprint density at radius 3 is 2.66 bits per heavy atom. The number of rotatable bonds is 6. The Balaban J connectivity index is 1.57. The van der Waals surface area contributed by atoms with Gasteiger partial charge in [0.25, 0.3) is 0 Å². The first-order chi connectivity index (χ1) is 14.0. The standard InChI is InChI=1S/C22H33N5O2/c1-5-23-22(24-14-20-16(2)18-8-6-7-9-19(18)29-20)25-17-10-12-27(13-11-17)15-21(28)26(3)4/h6-9,17H,5,10-15H2,1-4H3,(H2,23,24,25). The van der Waals surface area contributed by atoms with Crippen LogP contribution in [0.3, 0.4) is 0 Å². The Kier molecular flexibility index (Phi) is 7.14. The second-order valence-corrected chi connectivity index (χ2v) is 7.82. The van der Waals surface area contributed by atoms with Gasteiger partial charge in [-0.15, -0.1) is 0 Å². The zero-order chi connectivity index (χ0) is 20.8. The molecular weight excluding hydrogens is 366 g/mol. The summed E-state index contributed by atoms with van der Waals surface area (Å²) in [5.74, 6) is 1.88. The second-order valence-electron chi connectivity index (χ2n) is 7.82. The fourth-order valence-corrected chi connectivity index (χ4v) is 3.61. The third-order valence-corrected chi connectivity index (χ3v) is 5.45. The molecule has 1 fully saturated rings. The lowest BCUT2D eigenvalue weighted by Crippen LogP contribution is -2.50. The second kappa shape index (κ2) is 9.78. The first-order valence-corrected chi connectivity index (χ1v) is 10.4. The van der Waals surface area contributed by atoms with E-state index < -0.39 is 0 Å². The average Bonchev–Trinajstić information content (AvgIpc) is 3.03. The topological polar surface area (TPSA) is 73.1 Å². The fraction of sp³-hybridized carbons (Fsp3) is 0.545. The van der Waals surface area contributed by atoms with Crippen molar-refractivity contribution in [3.8, 4) is 0 Å². The number of furan rings is 1. The molecule has 7 heteroatoms. The number of carbonyl (C=O) groups is 1. The van der Waals surface area contributed by atoms with E-state index in [1.807, 2.05) is 18.2 Å². The number of guanidine groups is 1. The van der Waals surface area contributed by atoms with E-state index in [4.69, 9.17) is 9.41 Å². The highest BCUT2D eigenvalue weighted by Crippen LogP contribution is 2.25. The van der Waals surface area contributed by atoms with Crippen LogP contribution in [0.15, 0.2) is 33.7 Å². The number of benzene rings is 1. The van der Waals surface area contributed by atoms with Crippen molar-refractivity contribution in [3.05, 3.63) is 35.6 Å². The van der Waals surface area contributed by atoms with Crippen molar-refractivity contribution in [2.45, 2.75) is 39.3 Å². The summed E-state index contributed by atoms with van der Waals surface area (Å²) >= 11 is 0. The predicted molar refractivity (Wildman–Crippen MR) is 117 cm³/mol. The summed E-state index contributed by atoms with van der Waals surface area (Å²) in [6, 6.07) is 8.45. The number of hydrogen-bond donors (Lipinski definition) is 2. The Bertz CT molecular complexity index is 850. The molecule has 1 aromatic carbocycles. The van der Waals surface area contributed by atoms with Crippen LogP contribution in [-0.4, -0.2) is 68.0 Å². The van der Waals surface area contributed by atoms with Crippen LogP contribution >= 0.6 is 0 Å². The highest BCUT2D eigenvalue weighted by Gasteiger charge is 2.22. The lowest BCUT2D eigenvalue weighted by Gasteiger charge is -2.33. The first kappa shape index (κ1) is 21.2. The Hall–Kier alpha value is -2.54. The highest BCUT2D eigenvalue weighted by atomic mass is 16.3. The monoisotopic (exact) mass is 399 g/mol. The van der Waals surface area contributed by atoms with Crippen molar-refractivity contribution in [2.75, 3.05) is 40.3 Å². The molecule has 0 bridgehead atoms. The molecule has 3 rings (SSSR count). The van der Waals surface area contributed by atoms with Crippen LogP contribution in [0.2, 0.25) is 0 Å². The van der Waals surface area contributed by atoms with Crippen molar-refractivity contribution in [3.63, 3.8) is 0 Å².